The van der Waals surface area contributed by atoms with Gasteiger partial charge in [0.1, 0.15) is 5.01 Å². The molecule has 2 aromatic heterocycles. The standard InChI is InChI=1S/C17H27N3S/c1-15(2,3)10-11(16(4,5)6)19-13-12(18-10)20-14(21-13)17(7,8)9/h1-9H3. The van der Waals surface area contributed by atoms with Gasteiger partial charge in [0.05, 0.1) is 11.4 Å². The van der Waals surface area contributed by atoms with E-state index in [1.165, 1.54) is 0 Å². The van der Waals surface area contributed by atoms with E-state index in [1.54, 1.807) is 11.3 Å². The fourth-order valence-corrected chi connectivity index (χ4v) is 3.07. The molecule has 0 aliphatic heterocycles. The number of aromatic nitrogens is 3. The number of thiazole rings is 1. The normalized spacial score (nSPS) is 14.0. The summed E-state index contributed by atoms with van der Waals surface area (Å²) in [5.41, 5.74) is 2.93. The predicted octanol–water partition coefficient (Wildman–Crippen LogP) is 4.98. The highest BCUT2D eigenvalue weighted by Gasteiger charge is 2.30. The molecule has 0 aliphatic rings. The molecule has 116 valence electrons. The number of rotatable bonds is 0. The lowest BCUT2D eigenvalue weighted by Crippen LogP contribution is -2.25. The van der Waals surface area contributed by atoms with Crippen molar-refractivity contribution in [2.45, 2.75) is 78.6 Å². The number of nitrogens with zero attached hydrogens (tertiary/aromatic N) is 3. The minimum absolute atomic E-state index is 0.0182. The molecule has 2 aromatic rings. The van der Waals surface area contributed by atoms with Crippen molar-refractivity contribution in [2.24, 2.45) is 0 Å². The van der Waals surface area contributed by atoms with Gasteiger partial charge in [-0.15, -0.1) is 0 Å². The molecular weight excluding hydrogens is 278 g/mol. The Bertz CT molecular complexity index is 613. The second-order valence-electron chi connectivity index (χ2n) is 8.82. The molecule has 0 spiro atoms. The molecule has 0 aliphatic carbocycles. The quantitative estimate of drug-likeness (QED) is 0.689. The fraction of sp³-hybridized carbons (Fsp3) is 0.706. The van der Waals surface area contributed by atoms with Gasteiger partial charge in [0, 0.05) is 16.2 Å². The summed E-state index contributed by atoms with van der Waals surface area (Å²) in [6, 6.07) is 0. The van der Waals surface area contributed by atoms with Crippen molar-refractivity contribution in [1.29, 1.82) is 0 Å². The number of hydrogen-bond donors (Lipinski definition) is 0. The summed E-state index contributed by atoms with van der Waals surface area (Å²) in [5.74, 6) is 0. The highest BCUT2D eigenvalue weighted by Crippen LogP contribution is 2.35. The van der Waals surface area contributed by atoms with Gasteiger partial charge in [-0.1, -0.05) is 73.7 Å². The van der Waals surface area contributed by atoms with Gasteiger partial charge in [-0.25, -0.2) is 15.0 Å². The summed E-state index contributed by atoms with van der Waals surface area (Å²) < 4.78 is 0. The maximum atomic E-state index is 4.94. The molecule has 0 aromatic carbocycles. The SMILES string of the molecule is CC(C)(C)c1nc2nc(C(C)(C)C)c(C(C)(C)C)nc2s1. The molecule has 2 heterocycles. The van der Waals surface area contributed by atoms with Crippen LogP contribution in [0.25, 0.3) is 10.5 Å². The number of fused-ring (bicyclic) bond motifs is 1. The van der Waals surface area contributed by atoms with Gasteiger partial charge < -0.3 is 0 Å². The molecule has 0 saturated carbocycles. The smallest absolute Gasteiger partial charge is 0.190 e. The van der Waals surface area contributed by atoms with Crippen LogP contribution >= 0.6 is 11.3 Å². The van der Waals surface area contributed by atoms with Gasteiger partial charge in [0.15, 0.2) is 10.5 Å². The third-order valence-corrected chi connectivity index (χ3v) is 4.67. The highest BCUT2D eigenvalue weighted by atomic mass is 32.1. The first kappa shape index (κ1) is 16.3. The van der Waals surface area contributed by atoms with Crippen molar-refractivity contribution in [3.05, 3.63) is 16.4 Å². The Morgan fingerprint density at radius 3 is 1.52 bits per heavy atom. The largest absolute Gasteiger partial charge is 0.236 e. The maximum Gasteiger partial charge on any atom is 0.190 e. The zero-order chi connectivity index (χ0) is 16.2. The van der Waals surface area contributed by atoms with E-state index in [2.05, 4.69) is 62.3 Å². The van der Waals surface area contributed by atoms with E-state index in [0.717, 1.165) is 26.9 Å². The zero-order valence-electron chi connectivity index (χ0n) is 14.7. The van der Waals surface area contributed by atoms with Gasteiger partial charge in [0.25, 0.3) is 0 Å². The molecule has 0 radical (unpaired) electrons. The van der Waals surface area contributed by atoms with E-state index in [0.29, 0.717) is 0 Å². The lowest BCUT2D eigenvalue weighted by atomic mass is 9.81. The summed E-state index contributed by atoms with van der Waals surface area (Å²) in [4.78, 5) is 15.5. The van der Waals surface area contributed by atoms with Crippen LogP contribution in [0.1, 0.15) is 78.7 Å². The predicted molar refractivity (Wildman–Crippen MR) is 91.3 cm³/mol. The Labute approximate surface area is 132 Å². The molecule has 4 heteroatoms. The molecule has 2 rings (SSSR count). The van der Waals surface area contributed by atoms with Crippen LogP contribution in [-0.4, -0.2) is 15.0 Å². The first-order chi connectivity index (χ1) is 9.30. The van der Waals surface area contributed by atoms with E-state index in [9.17, 15) is 0 Å². The van der Waals surface area contributed by atoms with Gasteiger partial charge >= 0.3 is 0 Å². The molecule has 0 fully saturated rings. The molecule has 0 bridgehead atoms. The zero-order valence-corrected chi connectivity index (χ0v) is 15.6. The van der Waals surface area contributed by atoms with Crippen molar-refractivity contribution in [3.8, 4) is 0 Å². The van der Waals surface area contributed by atoms with Crippen LogP contribution in [0, 0.1) is 0 Å². The monoisotopic (exact) mass is 305 g/mol. The summed E-state index contributed by atoms with van der Waals surface area (Å²) in [7, 11) is 0. The van der Waals surface area contributed by atoms with Crippen molar-refractivity contribution < 1.29 is 0 Å². The third-order valence-electron chi connectivity index (χ3n) is 3.31. The van der Waals surface area contributed by atoms with Crippen LogP contribution in [0.5, 0.6) is 0 Å². The van der Waals surface area contributed by atoms with Crippen molar-refractivity contribution in [1.82, 2.24) is 15.0 Å². The van der Waals surface area contributed by atoms with E-state index >= 15 is 0 Å². The van der Waals surface area contributed by atoms with Crippen LogP contribution in [0.15, 0.2) is 0 Å². The van der Waals surface area contributed by atoms with Crippen LogP contribution in [0.4, 0.5) is 0 Å². The van der Waals surface area contributed by atoms with Gasteiger partial charge in [-0.3, -0.25) is 0 Å². The Balaban J connectivity index is 2.77. The van der Waals surface area contributed by atoms with Gasteiger partial charge in [-0.05, 0) is 0 Å². The summed E-state index contributed by atoms with van der Waals surface area (Å²) in [5, 5.41) is 1.10. The minimum Gasteiger partial charge on any atom is -0.236 e. The third kappa shape index (κ3) is 3.25. The lowest BCUT2D eigenvalue weighted by molar-refractivity contribution is 0.502. The van der Waals surface area contributed by atoms with Crippen LogP contribution in [0.2, 0.25) is 0 Å². The lowest BCUT2D eigenvalue weighted by Gasteiger charge is -2.27. The second kappa shape index (κ2) is 4.73. The highest BCUT2D eigenvalue weighted by molar-refractivity contribution is 7.18. The van der Waals surface area contributed by atoms with Crippen LogP contribution in [0.3, 0.4) is 0 Å². The molecule has 21 heavy (non-hydrogen) atoms. The summed E-state index contributed by atoms with van der Waals surface area (Å²) in [6.45, 7) is 19.7. The molecule has 3 nitrogen and oxygen atoms in total. The topological polar surface area (TPSA) is 38.7 Å². The van der Waals surface area contributed by atoms with Gasteiger partial charge in [0.2, 0.25) is 0 Å². The van der Waals surface area contributed by atoms with Gasteiger partial charge in [-0.2, -0.15) is 0 Å². The van der Waals surface area contributed by atoms with Crippen molar-refractivity contribution in [3.63, 3.8) is 0 Å². The van der Waals surface area contributed by atoms with Crippen LogP contribution < -0.4 is 0 Å². The van der Waals surface area contributed by atoms with Crippen molar-refractivity contribution in [2.75, 3.05) is 0 Å². The molecule has 0 saturated heterocycles. The summed E-state index contributed by atoms with van der Waals surface area (Å²) >= 11 is 1.67. The van der Waals surface area contributed by atoms with Crippen molar-refractivity contribution >= 4 is 21.8 Å². The molecule has 0 N–H and O–H groups in total. The van der Waals surface area contributed by atoms with E-state index in [1.807, 2.05) is 0 Å². The Kier molecular flexibility index (Phi) is 3.68. The Morgan fingerprint density at radius 1 is 0.619 bits per heavy atom. The van der Waals surface area contributed by atoms with Crippen LogP contribution in [-0.2, 0) is 16.2 Å². The second-order valence-corrected chi connectivity index (χ2v) is 9.80. The number of hydrogen-bond acceptors (Lipinski definition) is 4. The average molecular weight is 305 g/mol. The molecule has 0 amide bonds. The molecular formula is C17H27N3S. The Morgan fingerprint density at radius 2 is 1.10 bits per heavy atom. The van der Waals surface area contributed by atoms with E-state index in [-0.39, 0.29) is 16.2 Å². The average Bonchev–Trinajstić information content (AvgIpc) is 2.66. The molecule has 0 unspecified atom stereocenters. The molecule has 0 atom stereocenters. The first-order valence-electron chi connectivity index (χ1n) is 7.50. The van der Waals surface area contributed by atoms with E-state index < -0.39 is 0 Å². The minimum atomic E-state index is -0.0324. The fourth-order valence-electron chi connectivity index (χ4n) is 2.13. The maximum absolute atomic E-state index is 4.94. The van der Waals surface area contributed by atoms with E-state index in [4.69, 9.17) is 15.0 Å². The first-order valence-corrected chi connectivity index (χ1v) is 8.32. The Hall–Kier alpha value is -1.03. The summed E-state index contributed by atoms with van der Waals surface area (Å²) in [6.07, 6.45) is 0.